The molecule has 90 valence electrons. The Morgan fingerprint density at radius 1 is 1.44 bits per heavy atom. The minimum absolute atomic E-state index is 0.163. The molecule has 0 saturated carbocycles. The number of aryl methyl sites for hydroxylation is 2. The highest BCUT2D eigenvalue weighted by atomic mass is 16.1. The molecule has 0 unspecified atom stereocenters. The van der Waals surface area contributed by atoms with Crippen LogP contribution in [0.25, 0.3) is 11.3 Å². The Kier molecular flexibility index (Phi) is 3.24. The Morgan fingerprint density at radius 2 is 2.22 bits per heavy atom. The summed E-state index contributed by atoms with van der Waals surface area (Å²) >= 11 is 0. The van der Waals surface area contributed by atoms with Gasteiger partial charge in [-0.2, -0.15) is 5.26 Å². The van der Waals surface area contributed by atoms with E-state index in [1.165, 1.54) is 0 Å². The average molecular weight is 239 g/mol. The van der Waals surface area contributed by atoms with Crippen LogP contribution < -0.4 is 5.56 Å². The van der Waals surface area contributed by atoms with E-state index in [-0.39, 0.29) is 11.1 Å². The van der Waals surface area contributed by atoms with Gasteiger partial charge in [-0.15, -0.1) is 0 Å². The van der Waals surface area contributed by atoms with E-state index in [1.54, 1.807) is 29.1 Å². The van der Waals surface area contributed by atoms with Gasteiger partial charge in [0.05, 0.1) is 5.69 Å². The third kappa shape index (κ3) is 1.91. The average Bonchev–Trinajstić information content (AvgIpc) is 2.41. The van der Waals surface area contributed by atoms with Gasteiger partial charge in [-0.3, -0.25) is 9.78 Å². The topological polar surface area (TPSA) is 58.7 Å². The second-order valence-electron chi connectivity index (χ2n) is 3.98. The van der Waals surface area contributed by atoms with Crippen molar-refractivity contribution in [3.63, 3.8) is 0 Å². The summed E-state index contributed by atoms with van der Waals surface area (Å²) in [5.41, 5.74) is 2.08. The Labute approximate surface area is 105 Å². The number of rotatable bonds is 2. The minimum atomic E-state index is -0.258. The molecule has 0 N–H and O–H groups in total. The summed E-state index contributed by atoms with van der Waals surface area (Å²) in [6, 6.07) is 7.45. The van der Waals surface area contributed by atoms with Crippen molar-refractivity contribution < 1.29 is 0 Å². The molecule has 2 rings (SSSR count). The monoisotopic (exact) mass is 239 g/mol. The summed E-state index contributed by atoms with van der Waals surface area (Å²) in [5.74, 6) is 0. The zero-order chi connectivity index (χ0) is 13.1. The molecule has 0 fully saturated rings. The first-order valence-electron chi connectivity index (χ1n) is 5.74. The first-order chi connectivity index (χ1) is 8.69. The van der Waals surface area contributed by atoms with Gasteiger partial charge in [-0.25, -0.2) is 0 Å². The van der Waals surface area contributed by atoms with Crippen LogP contribution in [0.4, 0.5) is 0 Å². The smallest absolute Gasteiger partial charge is 0.269 e. The maximum atomic E-state index is 12.1. The summed E-state index contributed by atoms with van der Waals surface area (Å²) in [4.78, 5) is 16.3. The molecule has 0 atom stereocenters. The van der Waals surface area contributed by atoms with Crippen molar-refractivity contribution in [3.05, 3.63) is 52.1 Å². The van der Waals surface area contributed by atoms with E-state index < -0.39 is 0 Å². The number of nitrogens with zero attached hydrogens (tertiary/aromatic N) is 3. The van der Waals surface area contributed by atoms with Crippen LogP contribution in [0.3, 0.4) is 0 Å². The van der Waals surface area contributed by atoms with E-state index >= 15 is 0 Å². The molecular formula is C14H13N3O. The van der Waals surface area contributed by atoms with Crippen LogP contribution in [0.2, 0.25) is 0 Å². The van der Waals surface area contributed by atoms with Crippen LogP contribution >= 0.6 is 0 Å². The predicted octanol–water partition coefficient (Wildman–Crippen LogP) is 2.11. The second kappa shape index (κ2) is 4.84. The zero-order valence-electron chi connectivity index (χ0n) is 10.3. The molecule has 18 heavy (non-hydrogen) atoms. The lowest BCUT2D eigenvalue weighted by atomic mass is 10.0. The molecule has 0 amide bonds. The maximum absolute atomic E-state index is 12.1. The van der Waals surface area contributed by atoms with Crippen molar-refractivity contribution in [1.82, 2.24) is 9.55 Å². The van der Waals surface area contributed by atoms with Gasteiger partial charge in [0.25, 0.3) is 5.56 Å². The first kappa shape index (κ1) is 12.1. The van der Waals surface area contributed by atoms with E-state index in [9.17, 15) is 10.1 Å². The second-order valence-corrected chi connectivity index (χ2v) is 3.98. The van der Waals surface area contributed by atoms with Gasteiger partial charge in [-0.05, 0) is 31.5 Å². The Bertz CT molecular complexity index is 666. The van der Waals surface area contributed by atoms with Gasteiger partial charge in [0.15, 0.2) is 0 Å². The van der Waals surface area contributed by atoms with Crippen molar-refractivity contribution in [2.24, 2.45) is 0 Å². The fraction of sp³-hybridized carbons (Fsp3) is 0.214. The summed E-state index contributed by atoms with van der Waals surface area (Å²) in [6.07, 6.45) is 3.43. The lowest BCUT2D eigenvalue weighted by Gasteiger charge is -2.10. The summed E-state index contributed by atoms with van der Waals surface area (Å²) in [6.45, 7) is 4.32. The highest BCUT2D eigenvalue weighted by Gasteiger charge is 2.15. The standard InChI is InChI=1S/C14H13N3O/c1-3-17-9-10(2)13(11(8-15)14(17)18)12-6-4-5-7-16-12/h4-7,9H,3H2,1-2H3. The van der Waals surface area contributed by atoms with Crippen molar-refractivity contribution in [3.8, 4) is 17.3 Å². The summed E-state index contributed by atoms with van der Waals surface area (Å²) in [7, 11) is 0. The molecule has 4 nitrogen and oxygen atoms in total. The van der Waals surface area contributed by atoms with Gasteiger partial charge >= 0.3 is 0 Å². The zero-order valence-corrected chi connectivity index (χ0v) is 10.3. The normalized spacial score (nSPS) is 10.1. The van der Waals surface area contributed by atoms with Crippen LogP contribution in [0.15, 0.2) is 35.4 Å². The third-order valence-corrected chi connectivity index (χ3v) is 2.84. The first-order valence-corrected chi connectivity index (χ1v) is 5.74. The number of pyridine rings is 2. The molecule has 0 aliphatic rings. The number of hydrogen-bond acceptors (Lipinski definition) is 3. The summed E-state index contributed by atoms with van der Waals surface area (Å²) in [5, 5.41) is 9.21. The molecule has 0 bridgehead atoms. The third-order valence-electron chi connectivity index (χ3n) is 2.84. The quantitative estimate of drug-likeness (QED) is 0.806. The molecule has 0 radical (unpaired) electrons. The Hall–Kier alpha value is -2.41. The molecule has 2 aromatic heterocycles. The number of aromatic nitrogens is 2. The number of nitriles is 1. The van der Waals surface area contributed by atoms with E-state index in [4.69, 9.17) is 0 Å². The van der Waals surface area contributed by atoms with Crippen molar-refractivity contribution >= 4 is 0 Å². The maximum Gasteiger partial charge on any atom is 0.269 e. The molecule has 0 spiro atoms. The fourth-order valence-corrected chi connectivity index (χ4v) is 1.98. The van der Waals surface area contributed by atoms with Gasteiger partial charge in [0.2, 0.25) is 0 Å². The molecule has 0 aromatic carbocycles. The van der Waals surface area contributed by atoms with Crippen LogP contribution in [0, 0.1) is 18.3 Å². The molecule has 2 aromatic rings. The molecule has 0 saturated heterocycles. The summed E-state index contributed by atoms with van der Waals surface area (Å²) < 4.78 is 1.54. The van der Waals surface area contributed by atoms with Crippen LogP contribution in [-0.2, 0) is 6.54 Å². The van der Waals surface area contributed by atoms with E-state index in [2.05, 4.69) is 4.98 Å². The van der Waals surface area contributed by atoms with Crippen molar-refractivity contribution in [2.45, 2.75) is 20.4 Å². The van der Waals surface area contributed by atoms with Gasteiger partial charge in [0, 0.05) is 24.5 Å². The predicted molar refractivity (Wildman–Crippen MR) is 69.1 cm³/mol. The van der Waals surface area contributed by atoms with Crippen LogP contribution in [-0.4, -0.2) is 9.55 Å². The van der Waals surface area contributed by atoms with E-state index in [0.717, 1.165) is 5.56 Å². The highest BCUT2D eigenvalue weighted by Crippen LogP contribution is 2.22. The fourth-order valence-electron chi connectivity index (χ4n) is 1.98. The molecule has 4 heteroatoms. The van der Waals surface area contributed by atoms with Crippen LogP contribution in [0.1, 0.15) is 18.1 Å². The van der Waals surface area contributed by atoms with Gasteiger partial charge < -0.3 is 4.57 Å². The van der Waals surface area contributed by atoms with Crippen LogP contribution in [0.5, 0.6) is 0 Å². The van der Waals surface area contributed by atoms with E-state index in [1.807, 2.05) is 26.0 Å². The van der Waals surface area contributed by atoms with Gasteiger partial charge in [0.1, 0.15) is 11.6 Å². The van der Waals surface area contributed by atoms with E-state index in [0.29, 0.717) is 17.8 Å². The van der Waals surface area contributed by atoms with Gasteiger partial charge in [-0.1, -0.05) is 6.07 Å². The Morgan fingerprint density at radius 3 is 2.78 bits per heavy atom. The van der Waals surface area contributed by atoms with Crippen molar-refractivity contribution in [1.29, 1.82) is 5.26 Å². The molecule has 0 aliphatic carbocycles. The SMILES string of the molecule is CCn1cc(C)c(-c2ccccn2)c(C#N)c1=O. The highest BCUT2D eigenvalue weighted by molar-refractivity contribution is 5.69. The molecular weight excluding hydrogens is 226 g/mol. The lowest BCUT2D eigenvalue weighted by molar-refractivity contribution is 0.721. The van der Waals surface area contributed by atoms with Crippen molar-refractivity contribution in [2.75, 3.05) is 0 Å². The largest absolute Gasteiger partial charge is 0.314 e. The number of hydrogen-bond donors (Lipinski definition) is 0. The molecule has 0 aliphatic heterocycles. The Balaban J connectivity index is 2.81. The minimum Gasteiger partial charge on any atom is -0.314 e. The lowest BCUT2D eigenvalue weighted by Crippen LogP contribution is -2.23. The molecule has 2 heterocycles.